The topological polar surface area (TPSA) is 58.6 Å². The standard InChI is InChI=1S/C23H26N2O3S/c1-25(2)18-9-11-20-21(15-18)23(28-3)13-12-22(20)24-29(26,27)19-10-8-16-6-4-5-7-17(16)14-19/h4-8,10,12-14,18,24H,9,11,15H2,1-3H3/t18-/m0/s1. The lowest BCUT2D eigenvalue weighted by Gasteiger charge is -2.32. The maximum atomic E-state index is 13.1. The Balaban J connectivity index is 1.71. The average molecular weight is 411 g/mol. The summed E-state index contributed by atoms with van der Waals surface area (Å²) < 4.78 is 34.6. The predicted octanol–water partition coefficient (Wildman–Crippen LogP) is 4.07. The molecule has 3 aromatic rings. The fourth-order valence-electron chi connectivity index (χ4n) is 4.10. The Labute approximate surface area is 172 Å². The smallest absolute Gasteiger partial charge is 0.261 e. The number of nitrogens with one attached hydrogen (secondary N) is 1. The number of sulfonamides is 1. The molecule has 0 heterocycles. The van der Waals surface area contributed by atoms with E-state index in [1.807, 2.05) is 42.5 Å². The summed E-state index contributed by atoms with van der Waals surface area (Å²) in [7, 11) is 2.13. The molecule has 0 fully saturated rings. The van der Waals surface area contributed by atoms with Crippen molar-refractivity contribution in [1.29, 1.82) is 0 Å². The Hall–Kier alpha value is -2.57. The molecule has 6 heteroatoms. The molecular weight excluding hydrogens is 384 g/mol. The van der Waals surface area contributed by atoms with Crippen LogP contribution in [0.3, 0.4) is 0 Å². The summed E-state index contributed by atoms with van der Waals surface area (Å²) in [5.41, 5.74) is 2.77. The molecule has 152 valence electrons. The Morgan fingerprint density at radius 1 is 1.00 bits per heavy atom. The monoisotopic (exact) mass is 410 g/mol. The van der Waals surface area contributed by atoms with E-state index < -0.39 is 10.0 Å². The molecule has 3 aromatic carbocycles. The molecule has 1 atom stereocenters. The normalized spacial score (nSPS) is 16.6. The lowest BCUT2D eigenvalue weighted by molar-refractivity contribution is 0.265. The maximum absolute atomic E-state index is 13.1. The number of methoxy groups -OCH3 is 1. The molecule has 0 aromatic heterocycles. The van der Waals surface area contributed by atoms with Crippen molar-refractivity contribution in [3.8, 4) is 5.75 Å². The second-order valence-electron chi connectivity index (χ2n) is 7.75. The third kappa shape index (κ3) is 3.82. The molecule has 0 saturated heterocycles. The van der Waals surface area contributed by atoms with Gasteiger partial charge in [0.1, 0.15) is 5.75 Å². The molecule has 29 heavy (non-hydrogen) atoms. The van der Waals surface area contributed by atoms with E-state index in [1.165, 1.54) is 0 Å². The van der Waals surface area contributed by atoms with Gasteiger partial charge >= 0.3 is 0 Å². The van der Waals surface area contributed by atoms with E-state index in [4.69, 9.17) is 4.74 Å². The van der Waals surface area contributed by atoms with Gasteiger partial charge in [-0.2, -0.15) is 0 Å². The van der Waals surface area contributed by atoms with E-state index in [9.17, 15) is 8.42 Å². The molecule has 1 N–H and O–H groups in total. The van der Waals surface area contributed by atoms with Gasteiger partial charge in [-0.1, -0.05) is 30.3 Å². The summed E-state index contributed by atoms with van der Waals surface area (Å²) in [5.74, 6) is 0.820. The Morgan fingerprint density at radius 3 is 2.48 bits per heavy atom. The Kier molecular flexibility index (Phi) is 5.23. The molecule has 0 aliphatic heterocycles. The molecule has 0 unspecified atom stereocenters. The van der Waals surface area contributed by atoms with Gasteiger partial charge in [-0.3, -0.25) is 4.72 Å². The highest BCUT2D eigenvalue weighted by Gasteiger charge is 2.27. The molecule has 0 amide bonds. The van der Waals surface area contributed by atoms with Crippen LogP contribution in [0.15, 0.2) is 59.5 Å². The van der Waals surface area contributed by atoms with Crippen LogP contribution < -0.4 is 9.46 Å². The zero-order valence-electron chi connectivity index (χ0n) is 17.0. The highest BCUT2D eigenvalue weighted by molar-refractivity contribution is 7.92. The van der Waals surface area contributed by atoms with Gasteiger partial charge in [0.25, 0.3) is 10.0 Å². The first-order valence-corrected chi connectivity index (χ1v) is 11.2. The molecule has 0 radical (unpaired) electrons. The Morgan fingerprint density at radius 2 is 1.76 bits per heavy atom. The number of rotatable bonds is 5. The van der Waals surface area contributed by atoms with E-state index in [1.54, 1.807) is 19.2 Å². The van der Waals surface area contributed by atoms with Crippen molar-refractivity contribution >= 4 is 26.5 Å². The minimum Gasteiger partial charge on any atom is -0.496 e. The van der Waals surface area contributed by atoms with E-state index in [0.717, 1.165) is 46.9 Å². The Bertz CT molecular complexity index is 1160. The van der Waals surface area contributed by atoms with Crippen LogP contribution >= 0.6 is 0 Å². The van der Waals surface area contributed by atoms with Crippen molar-refractivity contribution in [2.24, 2.45) is 0 Å². The van der Waals surface area contributed by atoms with Crippen molar-refractivity contribution in [3.05, 3.63) is 65.7 Å². The predicted molar refractivity (Wildman–Crippen MR) is 117 cm³/mol. The molecular formula is C23H26N2O3S. The number of anilines is 1. The van der Waals surface area contributed by atoms with Crippen LogP contribution in [0.1, 0.15) is 17.5 Å². The van der Waals surface area contributed by atoms with Crippen LogP contribution in [0.25, 0.3) is 10.8 Å². The minimum absolute atomic E-state index is 0.266. The average Bonchev–Trinajstić information content (AvgIpc) is 2.73. The van der Waals surface area contributed by atoms with Crippen molar-refractivity contribution in [2.45, 2.75) is 30.2 Å². The van der Waals surface area contributed by atoms with E-state index in [-0.39, 0.29) is 4.90 Å². The van der Waals surface area contributed by atoms with Crippen LogP contribution in [0.4, 0.5) is 5.69 Å². The number of hydrogen-bond acceptors (Lipinski definition) is 4. The largest absolute Gasteiger partial charge is 0.496 e. The summed E-state index contributed by atoms with van der Waals surface area (Å²) in [5, 5.41) is 1.92. The molecule has 1 aliphatic rings. The van der Waals surface area contributed by atoms with E-state index >= 15 is 0 Å². The first-order chi connectivity index (χ1) is 13.9. The highest BCUT2D eigenvalue weighted by atomic mass is 32.2. The lowest BCUT2D eigenvalue weighted by Crippen LogP contribution is -2.34. The van der Waals surface area contributed by atoms with Crippen LogP contribution in [-0.2, 0) is 22.9 Å². The number of hydrogen-bond donors (Lipinski definition) is 1. The lowest BCUT2D eigenvalue weighted by atomic mass is 9.86. The van der Waals surface area contributed by atoms with Crippen LogP contribution in [0.5, 0.6) is 5.75 Å². The van der Waals surface area contributed by atoms with Gasteiger partial charge in [-0.05, 0) is 74.0 Å². The molecule has 0 saturated carbocycles. The number of ether oxygens (including phenoxy) is 1. The summed E-state index contributed by atoms with van der Waals surface area (Å²) >= 11 is 0. The first kappa shape index (κ1) is 19.7. The second-order valence-corrected chi connectivity index (χ2v) is 9.43. The maximum Gasteiger partial charge on any atom is 0.261 e. The SMILES string of the molecule is COc1ccc(NS(=O)(=O)c2ccc3ccccc3c2)c2c1C[C@@H](N(C)C)CC2. The fourth-order valence-corrected chi connectivity index (χ4v) is 5.22. The van der Waals surface area contributed by atoms with E-state index in [2.05, 4.69) is 23.7 Å². The van der Waals surface area contributed by atoms with Crippen molar-refractivity contribution in [3.63, 3.8) is 0 Å². The number of benzene rings is 3. The summed E-state index contributed by atoms with van der Waals surface area (Å²) in [6.07, 6.45) is 2.64. The fraction of sp³-hybridized carbons (Fsp3) is 0.304. The molecule has 1 aliphatic carbocycles. The first-order valence-electron chi connectivity index (χ1n) is 9.76. The van der Waals surface area contributed by atoms with Crippen LogP contribution in [-0.4, -0.2) is 40.6 Å². The van der Waals surface area contributed by atoms with Gasteiger partial charge in [0, 0.05) is 11.6 Å². The molecule has 5 nitrogen and oxygen atoms in total. The van der Waals surface area contributed by atoms with Gasteiger partial charge in [0.05, 0.1) is 17.7 Å². The second kappa shape index (κ2) is 7.69. The molecule has 0 spiro atoms. The van der Waals surface area contributed by atoms with E-state index in [0.29, 0.717) is 11.7 Å². The van der Waals surface area contributed by atoms with Crippen molar-refractivity contribution < 1.29 is 13.2 Å². The summed E-state index contributed by atoms with van der Waals surface area (Å²) in [4.78, 5) is 2.48. The number of fused-ring (bicyclic) bond motifs is 2. The zero-order chi connectivity index (χ0) is 20.6. The van der Waals surface area contributed by atoms with Gasteiger partial charge in [-0.25, -0.2) is 8.42 Å². The van der Waals surface area contributed by atoms with Gasteiger partial charge in [0.15, 0.2) is 0 Å². The minimum atomic E-state index is -3.69. The van der Waals surface area contributed by atoms with Gasteiger partial charge in [0.2, 0.25) is 0 Å². The number of nitrogens with zero attached hydrogens (tertiary/aromatic N) is 1. The summed E-state index contributed by atoms with van der Waals surface area (Å²) in [6.45, 7) is 0. The molecule has 4 rings (SSSR count). The third-order valence-electron chi connectivity index (χ3n) is 5.78. The van der Waals surface area contributed by atoms with Gasteiger partial charge < -0.3 is 9.64 Å². The number of likely N-dealkylation sites (N-methyl/N-ethyl adjacent to an activating group) is 1. The van der Waals surface area contributed by atoms with Crippen molar-refractivity contribution in [1.82, 2.24) is 4.90 Å². The molecule has 0 bridgehead atoms. The highest BCUT2D eigenvalue weighted by Crippen LogP contribution is 2.36. The third-order valence-corrected chi connectivity index (χ3v) is 7.14. The van der Waals surface area contributed by atoms with Gasteiger partial charge in [-0.15, -0.1) is 0 Å². The van der Waals surface area contributed by atoms with Crippen molar-refractivity contribution in [2.75, 3.05) is 25.9 Å². The van der Waals surface area contributed by atoms with Crippen LogP contribution in [0.2, 0.25) is 0 Å². The summed E-state index contributed by atoms with van der Waals surface area (Å²) in [6, 6.07) is 17.1. The van der Waals surface area contributed by atoms with Crippen LogP contribution in [0, 0.1) is 0 Å². The zero-order valence-corrected chi connectivity index (χ0v) is 17.8. The quantitative estimate of drug-likeness (QED) is 0.689.